The molecule has 2 N–H and O–H groups in total. The summed E-state index contributed by atoms with van der Waals surface area (Å²) in [6, 6.07) is 0. The van der Waals surface area contributed by atoms with Crippen molar-refractivity contribution in [2.75, 3.05) is 0 Å². The molecule has 0 bridgehead atoms. The van der Waals surface area contributed by atoms with Crippen molar-refractivity contribution in [2.24, 2.45) is 0 Å². The van der Waals surface area contributed by atoms with Gasteiger partial charge in [0.15, 0.2) is 12.2 Å². The van der Waals surface area contributed by atoms with Crippen molar-refractivity contribution in [1.82, 2.24) is 0 Å². The van der Waals surface area contributed by atoms with Gasteiger partial charge in [0.25, 0.3) is 0 Å². The summed E-state index contributed by atoms with van der Waals surface area (Å²) in [6.07, 6.45) is -2.25. The Labute approximate surface area is 78.3 Å². The average molecular weight is 155 g/mol. The van der Waals surface area contributed by atoms with E-state index in [1.165, 1.54) is 0 Å². The van der Waals surface area contributed by atoms with Gasteiger partial charge in [-0.3, -0.25) is 0 Å². The minimum atomic E-state index is -1.22. The Bertz CT molecular complexity index is 149. The summed E-state index contributed by atoms with van der Waals surface area (Å²) in [7, 11) is 0. The summed E-state index contributed by atoms with van der Waals surface area (Å²) in [5.41, 5.74) is 0. The van der Waals surface area contributed by atoms with Crippen molar-refractivity contribution in [3.63, 3.8) is 0 Å². The first-order valence-electron chi connectivity index (χ1n) is 2.24. The molecule has 0 saturated carbocycles. The van der Waals surface area contributed by atoms with Crippen LogP contribution < -0.4 is 0 Å². The summed E-state index contributed by atoms with van der Waals surface area (Å²) < 4.78 is 4.24. The van der Waals surface area contributed by atoms with Crippen LogP contribution in [0.15, 0.2) is 0 Å². The van der Waals surface area contributed by atoms with Gasteiger partial charge in [0, 0.05) is 29.6 Å². The summed E-state index contributed by atoms with van der Waals surface area (Å²) in [5, 5.41) is 16.2. The Morgan fingerprint density at radius 1 is 1.10 bits per heavy atom. The number of epoxide rings is 1. The maximum Gasteiger partial charge on any atom is 0.336 e. The second-order valence-corrected chi connectivity index (χ2v) is 1.65. The van der Waals surface area contributed by atoms with Crippen molar-refractivity contribution in [3.8, 4) is 0 Å². The first-order chi connectivity index (χ1) is 4.13. The van der Waals surface area contributed by atoms with Gasteiger partial charge in [0.2, 0.25) is 0 Å². The Kier molecular flexibility index (Phi) is 3.30. The summed E-state index contributed by atoms with van der Waals surface area (Å²) in [4.78, 5) is 19.8. The van der Waals surface area contributed by atoms with E-state index in [9.17, 15) is 9.59 Å². The van der Waals surface area contributed by atoms with E-state index >= 15 is 0 Å². The normalized spacial score (nSPS) is 28.4. The SMILES string of the molecule is O=C(O)C1OC1C(=O)O.[Na]. The standard InChI is InChI=1S/C4H4O5.Na/c5-3(6)1-2(9-1)4(7)8;/h1-2H,(H,5,6)(H,7,8);. The summed E-state index contributed by atoms with van der Waals surface area (Å²) >= 11 is 0. The fraction of sp³-hybridized carbons (Fsp3) is 0.500. The van der Waals surface area contributed by atoms with E-state index in [0.717, 1.165) is 0 Å². The van der Waals surface area contributed by atoms with Gasteiger partial charge in [-0.05, 0) is 0 Å². The topological polar surface area (TPSA) is 87.1 Å². The van der Waals surface area contributed by atoms with Crippen molar-refractivity contribution in [3.05, 3.63) is 0 Å². The van der Waals surface area contributed by atoms with Crippen LogP contribution >= 0.6 is 0 Å². The van der Waals surface area contributed by atoms with Gasteiger partial charge in [-0.1, -0.05) is 0 Å². The molecular weight excluding hydrogens is 151 g/mol. The molecule has 1 saturated heterocycles. The van der Waals surface area contributed by atoms with E-state index in [1.807, 2.05) is 0 Å². The third kappa shape index (κ3) is 1.95. The van der Waals surface area contributed by atoms with Crippen LogP contribution in [0, 0.1) is 0 Å². The Morgan fingerprint density at radius 3 is 1.50 bits per heavy atom. The third-order valence-electron chi connectivity index (χ3n) is 0.978. The molecule has 1 radical (unpaired) electrons. The van der Waals surface area contributed by atoms with Crippen molar-refractivity contribution in [2.45, 2.75) is 12.2 Å². The van der Waals surface area contributed by atoms with Crippen LogP contribution in [0.5, 0.6) is 0 Å². The van der Waals surface area contributed by atoms with Crippen LogP contribution in [0.1, 0.15) is 0 Å². The number of hydrogen-bond acceptors (Lipinski definition) is 3. The molecule has 1 aliphatic rings. The average Bonchev–Trinajstić information content (AvgIpc) is 2.39. The molecular formula is C4H4NaO5. The van der Waals surface area contributed by atoms with Gasteiger partial charge in [-0.2, -0.15) is 0 Å². The number of aliphatic carboxylic acids is 2. The van der Waals surface area contributed by atoms with Crippen molar-refractivity contribution >= 4 is 41.5 Å². The largest absolute Gasteiger partial charge is 0.479 e. The zero-order chi connectivity index (χ0) is 7.02. The fourth-order valence-electron chi connectivity index (χ4n) is 0.488. The molecule has 2 unspecified atom stereocenters. The number of ether oxygens (including phenoxy) is 1. The van der Waals surface area contributed by atoms with Crippen LogP contribution in [0.3, 0.4) is 0 Å². The van der Waals surface area contributed by atoms with E-state index in [2.05, 4.69) is 4.74 Å². The third-order valence-corrected chi connectivity index (χ3v) is 0.978. The van der Waals surface area contributed by atoms with E-state index in [1.54, 1.807) is 0 Å². The molecule has 1 heterocycles. The second-order valence-electron chi connectivity index (χ2n) is 1.65. The molecule has 0 spiro atoms. The predicted molar refractivity (Wildman–Crippen MR) is 29.7 cm³/mol. The molecule has 0 aromatic heterocycles. The molecule has 0 aliphatic carbocycles. The number of carboxylic acids is 2. The smallest absolute Gasteiger partial charge is 0.336 e. The van der Waals surface area contributed by atoms with Gasteiger partial charge >= 0.3 is 11.9 Å². The van der Waals surface area contributed by atoms with Crippen LogP contribution in [0.4, 0.5) is 0 Å². The summed E-state index contributed by atoms with van der Waals surface area (Å²) in [6.45, 7) is 0. The maximum atomic E-state index is 9.89. The van der Waals surface area contributed by atoms with Gasteiger partial charge < -0.3 is 14.9 Å². The molecule has 5 nitrogen and oxygen atoms in total. The quantitative estimate of drug-likeness (QED) is 0.376. The van der Waals surface area contributed by atoms with Crippen LogP contribution in [-0.4, -0.2) is 63.9 Å². The zero-order valence-electron chi connectivity index (χ0n) is 5.27. The van der Waals surface area contributed by atoms with Crippen LogP contribution in [-0.2, 0) is 14.3 Å². The minimum absolute atomic E-state index is 0. The first kappa shape index (κ1) is 9.90. The second kappa shape index (κ2) is 3.34. The molecule has 6 heteroatoms. The van der Waals surface area contributed by atoms with E-state index in [4.69, 9.17) is 10.2 Å². The Balaban J connectivity index is 0.000000810. The van der Waals surface area contributed by atoms with E-state index in [-0.39, 0.29) is 29.6 Å². The molecule has 1 fully saturated rings. The van der Waals surface area contributed by atoms with E-state index < -0.39 is 24.1 Å². The van der Waals surface area contributed by atoms with Gasteiger partial charge in [-0.25, -0.2) is 9.59 Å². The van der Waals surface area contributed by atoms with E-state index in [0.29, 0.717) is 0 Å². The number of carbonyl (C=O) groups is 2. The molecule has 1 rings (SSSR count). The van der Waals surface area contributed by atoms with Gasteiger partial charge in [0.1, 0.15) is 0 Å². The molecule has 0 aromatic rings. The Hall–Kier alpha value is -0.100. The maximum absolute atomic E-state index is 9.89. The molecule has 1 aliphatic heterocycles. The molecule has 2 atom stereocenters. The van der Waals surface area contributed by atoms with Crippen molar-refractivity contribution < 1.29 is 24.5 Å². The zero-order valence-corrected chi connectivity index (χ0v) is 7.27. The number of hydrogen-bond donors (Lipinski definition) is 2. The number of carboxylic acid groups (broad SMARTS) is 2. The molecule has 51 valence electrons. The van der Waals surface area contributed by atoms with Crippen molar-refractivity contribution in [1.29, 1.82) is 0 Å². The molecule has 0 aromatic carbocycles. The predicted octanol–water partition coefficient (Wildman–Crippen LogP) is -1.46. The minimum Gasteiger partial charge on any atom is -0.479 e. The summed E-state index contributed by atoms with van der Waals surface area (Å²) in [5.74, 6) is -2.44. The fourth-order valence-corrected chi connectivity index (χ4v) is 0.488. The Morgan fingerprint density at radius 2 is 1.40 bits per heavy atom. The van der Waals surface area contributed by atoms with Gasteiger partial charge in [0.05, 0.1) is 0 Å². The molecule has 0 amide bonds. The van der Waals surface area contributed by atoms with Crippen LogP contribution in [0.25, 0.3) is 0 Å². The van der Waals surface area contributed by atoms with Crippen LogP contribution in [0.2, 0.25) is 0 Å². The monoisotopic (exact) mass is 155 g/mol. The first-order valence-corrected chi connectivity index (χ1v) is 2.24. The van der Waals surface area contributed by atoms with Gasteiger partial charge in [-0.15, -0.1) is 0 Å². The number of rotatable bonds is 2. The molecule has 10 heavy (non-hydrogen) atoms.